The van der Waals surface area contributed by atoms with Crippen molar-refractivity contribution in [1.82, 2.24) is 10.0 Å². The Kier molecular flexibility index (Phi) is 6.11. The van der Waals surface area contributed by atoms with Crippen molar-refractivity contribution in [2.24, 2.45) is 0 Å². The maximum Gasteiger partial charge on any atom is 0.251 e. The van der Waals surface area contributed by atoms with E-state index < -0.39 is 10.0 Å². The van der Waals surface area contributed by atoms with Crippen LogP contribution in [0.1, 0.15) is 34.8 Å². The molecule has 0 saturated carbocycles. The zero-order chi connectivity index (χ0) is 17.6. The Morgan fingerprint density at radius 2 is 1.79 bits per heavy atom. The zero-order valence-electron chi connectivity index (χ0n) is 13.9. The molecule has 0 unspecified atom stereocenters. The van der Waals surface area contributed by atoms with Crippen LogP contribution in [0.3, 0.4) is 0 Å². The molecule has 0 aliphatic rings. The molecule has 0 atom stereocenters. The van der Waals surface area contributed by atoms with E-state index in [1.165, 1.54) is 24.3 Å². The minimum atomic E-state index is -3.61. The third-order valence-electron chi connectivity index (χ3n) is 3.51. The summed E-state index contributed by atoms with van der Waals surface area (Å²) >= 11 is 0. The van der Waals surface area contributed by atoms with Crippen LogP contribution >= 0.6 is 0 Å². The highest BCUT2D eigenvalue weighted by molar-refractivity contribution is 7.89. The van der Waals surface area contributed by atoms with E-state index in [0.29, 0.717) is 12.1 Å². The van der Waals surface area contributed by atoms with Crippen LogP contribution in [-0.4, -0.2) is 20.9 Å². The molecule has 2 aromatic rings. The number of benzene rings is 2. The van der Waals surface area contributed by atoms with Crippen molar-refractivity contribution in [3.63, 3.8) is 0 Å². The average Bonchev–Trinajstić information content (AvgIpc) is 2.58. The summed E-state index contributed by atoms with van der Waals surface area (Å²) in [6.07, 6.45) is 0.848. The first-order valence-electron chi connectivity index (χ1n) is 7.86. The fraction of sp³-hybridized carbons (Fsp3) is 0.278. The number of sulfonamides is 1. The molecule has 2 N–H and O–H groups in total. The van der Waals surface area contributed by atoms with Crippen molar-refractivity contribution in [1.29, 1.82) is 0 Å². The van der Waals surface area contributed by atoms with Crippen molar-refractivity contribution in [3.8, 4) is 0 Å². The average molecular weight is 346 g/mol. The van der Waals surface area contributed by atoms with Crippen LogP contribution in [0.4, 0.5) is 0 Å². The molecule has 0 fully saturated rings. The number of nitrogens with one attached hydrogen (secondary N) is 2. The van der Waals surface area contributed by atoms with Gasteiger partial charge in [0.1, 0.15) is 0 Å². The molecule has 2 rings (SSSR count). The SMILES string of the molecule is CCCNC(=O)c1ccc(S(=O)(=O)NCc2cccc(C)c2)cc1. The van der Waals surface area contributed by atoms with Crippen molar-refractivity contribution in [2.75, 3.05) is 6.54 Å². The van der Waals surface area contributed by atoms with Gasteiger partial charge in [-0.15, -0.1) is 0 Å². The quantitative estimate of drug-likeness (QED) is 0.809. The number of amides is 1. The lowest BCUT2D eigenvalue weighted by atomic mass is 10.1. The van der Waals surface area contributed by atoms with Gasteiger partial charge in [0.2, 0.25) is 10.0 Å². The van der Waals surface area contributed by atoms with Gasteiger partial charge in [0.05, 0.1) is 4.90 Å². The number of aryl methyl sites for hydroxylation is 1. The van der Waals surface area contributed by atoms with Gasteiger partial charge in [-0.2, -0.15) is 0 Å². The predicted octanol–water partition coefficient (Wildman–Crippen LogP) is 2.61. The molecule has 0 spiro atoms. The first-order valence-corrected chi connectivity index (χ1v) is 9.34. The number of hydrogen-bond acceptors (Lipinski definition) is 3. The Balaban J connectivity index is 2.05. The molecule has 0 aliphatic heterocycles. The molecule has 5 nitrogen and oxygen atoms in total. The third kappa shape index (κ3) is 4.91. The molecule has 1 amide bonds. The molecular weight excluding hydrogens is 324 g/mol. The van der Waals surface area contributed by atoms with Crippen LogP contribution in [0.5, 0.6) is 0 Å². The lowest BCUT2D eigenvalue weighted by Crippen LogP contribution is -2.25. The van der Waals surface area contributed by atoms with Crippen LogP contribution in [-0.2, 0) is 16.6 Å². The summed E-state index contributed by atoms with van der Waals surface area (Å²) in [6.45, 7) is 4.75. The van der Waals surface area contributed by atoms with Crippen molar-refractivity contribution < 1.29 is 13.2 Å². The molecular formula is C18H22N2O3S. The molecule has 0 aromatic heterocycles. The minimum Gasteiger partial charge on any atom is -0.352 e. The smallest absolute Gasteiger partial charge is 0.251 e. The number of hydrogen-bond donors (Lipinski definition) is 2. The lowest BCUT2D eigenvalue weighted by molar-refractivity contribution is 0.0953. The summed E-state index contributed by atoms with van der Waals surface area (Å²) in [4.78, 5) is 12.0. The van der Waals surface area contributed by atoms with E-state index in [1.54, 1.807) is 0 Å². The van der Waals surface area contributed by atoms with E-state index in [2.05, 4.69) is 10.0 Å². The Morgan fingerprint density at radius 3 is 2.42 bits per heavy atom. The van der Waals surface area contributed by atoms with Gasteiger partial charge in [0, 0.05) is 18.7 Å². The van der Waals surface area contributed by atoms with E-state index >= 15 is 0 Å². The number of rotatable bonds is 7. The normalized spacial score (nSPS) is 11.2. The Labute approximate surface area is 143 Å². The topological polar surface area (TPSA) is 75.3 Å². The summed E-state index contributed by atoms with van der Waals surface area (Å²) < 4.78 is 27.2. The first kappa shape index (κ1) is 18.2. The van der Waals surface area contributed by atoms with Gasteiger partial charge in [-0.3, -0.25) is 4.79 Å². The fourth-order valence-corrected chi connectivity index (χ4v) is 3.23. The van der Waals surface area contributed by atoms with Gasteiger partial charge < -0.3 is 5.32 Å². The highest BCUT2D eigenvalue weighted by Gasteiger charge is 2.14. The van der Waals surface area contributed by atoms with E-state index in [4.69, 9.17) is 0 Å². The molecule has 24 heavy (non-hydrogen) atoms. The van der Waals surface area contributed by atoms with Gasteiger partial charge in [0.25, 0.3) is 5.91 Å². The zero-order valence-corrected chi connectivity index (χ0v) is 14.7. The molecule has 0 saturated heterocycles. The highest BCUT2D eigenvalue weighted by Crippen LogP contribution is 2.12. The van der Waals surface area contributed by atoms with Crippen molar-refractivity contribution in [2.45, 2.75) is 31.7 Å². The lowest BCUT2D eigenvalue weighted by Gasteiger charge is -2.08. The molecule has 0 aliphatic carbocycles. The monoisotopic (exact) mass is 346 g/mol. The highest BCUT2D eigenvalue weighted by atomic mass is 32.2. The van der Waals surface area contributed by atoms with E-state index in [9.17, 15) is 13.2 Å². The van der Waals surface area contributed by atoms with Crippen LogP contribution in [0.2, 0.25) is 0 Å². The van der Waals surface area contributed by atoms with Gasteiger partial charge in [-0.05, 0) is 43.2 Å². The number of carbonyl (C=O) groups excluding carboxylic acids is 1. The standard InChI is InChI=1S/C18H22N2O3S/c1-3-11-19-18(21)16-7-9-17(10-8-16)24(22,23)20-13-15-6-4-5-14(2)12-15/h4-10,12,20H,3,11,13H2,1-2H3,(H,19,21). The second kappa shape index (κ2) is 8.08. The van der Waals surface area contributed by atoms with E-state index in [0.717, 1.165) is 17.5 Å². The maximum atomic E-state index is 12.3. The summed E-state index contributed by atoms with van der Waals surface area (Å²) in [6, 6.07) is 13.6. The van der Waals surface area contributed by atoms with Gasteiger partial charge >= 0.3 is 0 Å². The van der Waals surface area contributed by atoms with Gasteiger partial charge in [-0.1, -0.05) is 36.8 Å². The van der Waals surface area contributed by atoms with Crippen molar-refractivity contribution in [3.05, 3.63) is 65.2 Å². The predicted molar refractivity (Wildman–Crippen MR) is 94.3 cm³/mol. The summed E-state index contributed by atoms with van der Waals surface area (Å²) in [7, 11) is -3.61. The largest absolute Gasteiger partial charge is 0.352 e. The first-order chi connectivity index (χ1) is 11.4. The van der Waals surface area contributed by atoms with Crippen molar-refractivity contribution >= 4 is 15.9 Å². The molecule has 128 valence electrons. The molecule has 0 heterocycles. The summed E-state index contributed by atoms with van der Waals surface area (Å²) in [5, 5.41) is 2.75. The van der Waals surface area contributed by atoms with E-state index in [1.807, 2.05) is 38.1 Å². The molecule has 6 heteroatoms. The summed E-state index contributed by atoms with van der Waals surface area (Å²) in [5.41, 5.74) is 2.42. The molecule has 0 radical (unpaired) electrons. The third-order valence-corrected chi connectivity index (χ3v) is 4.93. The Hall–Kier alpha value is -2.18. The summed E-state index contributed by atoms with van der Waals surface area (Å²) in [5.74, 6) is -0.200. The Morgan fingerprint density at radius 1 is 1.08 bits per heavy atom. The fourth-order valence-electron chi connectivity index (χ4n) is 2.21. The van der Waals surface area contributed by atoms with Crippen LogP contribution < -0.4 is 10.0 Å². The van der Waals surface area contributed by atoms with Gasteiger partial charge in [-0.25, -0.2) is 13.1 Å². The van der Waals surface area contributed by atoms with Crippen LogP contribution in [0.25, 0.3) is 0 Å². The Bertz CT molecular complexity index is 799. The molecule has 0 bridgehead atoms. The van der Waals surface area contributed by atoms with E-state index in [-0.39, 0.29) is 17.3 Å². The van der Waals surface area contributed by atoms with Crippen LogP contribution in [0, 0.1) is 6.92 Å². The second-order valence-corrected chi connectivity index (χ2v) is 7.36. The second-order valence-electron chi connectivity index (χ2n) is 5.59. The number of carbonyl (C=O) groups is 1. The van der Waals surface area contributed by atoms with Gasteiger partial charge in [0.15, 0.2) is 0 Å². The van der Waals surface area contributed by atoms with Crippen LogP contribution in [0.15, 0.2) is 53.4 Å². The molecule has 2 aromatic carbocycles. The minimum absolute atomic E-state index is 0.141. The maximum absolute atomic E-state index is 12.3.